The number of ether oxygens (including phenoxy) is 1. The normalized spacial score (nSPS) is 13.8. The number of aliphatic hydroxyl groups excluding tert-OH is 1. The number of aromatic nitrogens is 1. The number of rotatable bonds is 4. The summed E-state index contributed by atoms with van der Waals surface area (Å²) in [7, 11) is 1.30. The van der Waals surface area contributed by atoms with Gasteiger partial charge in [0.15, 0.2) is 0 Å². The van der Waals surface area contributed by atoms with Gasteiger partial charge in [0.1, 0.15) is 11.5 Å². The molecule has 0 aliphatic carbocycles. The standard InChI is InChI=1S/C15H17NO4/c1-9(15(18)19-3)14(17)12-10(2)20-16-13(12)11-7-5-4-6-8-11/h4-9,14,17H,1-3H3/t9-,14+/m1/s1. The fourth-order valence-electron chi connectivity index (χ4n) is 2.10. The summed E-state index contributed by atoms with van der Waals surface area (Å²) in [6.45, 7) is 3.32. The second-order valence-corrected chi connectivity index (χ2v) is 4.62. The van der Waals surface area contributed by atoms with Crippen LogP contribution in [0.1, 0.15) is 24.4 Å². The molecular weight excluding hydrogens is 258 g/mol. The molecule has 5 heteroatoms. The maximum atomic E-state index is 11.6. The summed E-state index contributed by atoms with van der Waals surface area (Å²) in [6.07, 6.45) is -1.02. The van der Waals surface area contributed by atoms with Crippen LogP contribution in [0.5, 0.6) is 0 Å². The number of methoxy groups -OCH3 is 1. The first-order chi connectivity index (χ1) is 9.56. The smallest absolute Gasteiger partial charge is 0.311 e. The molecule has 0 amide bonds. The molecule has 5 nitrogen and oxygen atoms in total. The molecule has 0 fully saturated rings. The summed E-state index contributed by atoms with van der Waals surface area (Å²) < 4.78 is 9.84. The summed E-state index contributed by atoms with van der Waals surface area (Å²) in [5, 5.41) is 14.4. The monoisotopic (exact) mass is 275 g/mol. The second kappa shape index (κ2) is 5.88. The summed E-state index contributed by atoms with van der Waals surface area (Å²) in [4.78, 5) is 11.6. The molecule has 0 saturated heterocycles. The molecule has 0 spiro atoms. The molecule has 2 aromatic rings. The van der Waals surface area contributed by atoms with Crippen molar-refractivity contribution < 1.29 is 19.2 Å². The zero-order chi connectivity index (χ0) is 14.7. The van der Waals surface area contributed by atoms with Crippen LogP contribution in [0.4, 0.5) is 0 Å². The second-order valence-electron chi connectivity index (χ2n) is 4.62. The largest absolute Gasteiger partial charge is 0.469 e. The molecule has 20 heavy (non-hydrogen) atoms. The van der Waals surface area contributed by atoms with Crippen molar-refractivity contribution in [2.75, 3.05) is 7.11 Å². The summed E-state index contributed by atoms with van der Waals surface area (Å²) >= 11 is 0. The van der Waals surface area contributed by atoms with Gasteiger partial charge in [-0.1, -0.05) is 35.5 Å². The van der Waals surface area contributed by atoms with Gasteiger partial charge in [-0.05, 0) is 13.8 Å². The van der Waals surface area contributed by atoms with Gasteiger partial charge in [0.05, 0.1) is 24.7 Å². The number of carbonyl (C=O) groups excluding carboxylic acids is 1. The van der Waals surface area contributed by atoms with Crippen LogP contribution in [-0.2, 0) is 9.53 Å². The van der Waals surface area contributed by atoms with Crippen molar-refractivity contribution in [3.63, 3.8) is 0 Å². The van der Waals surface area contributed by atoms with Crippen LogP contribution in [0.15, 0.2) is 34.9 Å². The minimum absolute atomic E-state index is 0.475. The molecule has 0 radical (unpaired) electrons. The maximum absolute atomic E-state index is 11.6. The Morgan fingerprint density at radius 1 is 1.35 bits per heavy atom. The van der Waals surface area contributed by atoms with Gasteiger partial charge in [0.25, 0.3) is 0 Å². The highest BCUT2D eigenvalue weighted by Crippen LogP contribution is 2.34. The highest BCUT2D eigenvalue weighted by Gasteiger charge is 2.30. The number of hydrogen-bond acceptors (Lipinski definition) is 5. The predicted molar refractivity (Wildman–Crippen MR) is 72.8 cm³/mol. The van der Waals surface area contributed by atoms with E-state index in [0.29, 0.717) is 17.0 Å². The Bertz CT molecular complexity index is 591. The van der Waals surface area contributed by atoms with E-state index in [9.17, 15) is 9.90 Å². The molecular formula is C15H17NO4. The van der Waals surface area contributed by atoms with Gasteiger partial charge in [-0.25, -0.2) is 0 Å². The predicted octanol–water partition coefficient (Wildman–Crippen LogP) is 2.49. The lowest BCUT2D eigenvalue weighted by Gasteiger charge is -2.17. The number of aryl methyl sites for hydroxylation is 1. The molecule has 1 heterocycles. The van der Waals surface area contributed by atoms with Crippen LogP contribution < -0.4 is 0 Å². The van der Waals surface area contributed by atoms with E-state index in [1.807, 2.05) is 30.3 Å². The van der Waals surface area contributed by atoms with E-state index < -0.39 is 18.0 Å². The van der Waals surface area contributed by atoms with E-state index in [0.717, 1.165) is 5.56 Å². The van der Waals surface area contributed by atoms with E-state index in [1.165, 1.54) is 7.11 Å². The first-order valence-corrected chi connectivity index (χ1v) is 6.33. The third-order valence-electron chi connectivity index (χ3n) is 3.30. The van der Waals surface area contributed by atoms with Gasteiger partial charge in [-0.3, -0.25) is 4.79 Å². The zero-order valence-corrected chi connectivity index (χ0v) is 11.7. The van der Waals surface area contributed by atoms with Gasteiger partial charge >= 0.3 is 5.97 Å². The minimum atomic E-state index is -1.02. The SMILES string of the molecule is COC(=O)[C@H](C)[C@H](O)c1c(-c2ccccc2)noc1C. The Balaban J connectivity index is 2.42. The quantitative estimate of drug-likeness (QED) is 0.868. The molecule has 0 saturated carbocycles. The molecule has 0 aliphatic heterocycles. The van der Waals surface area contributed by atoms with Gasteiger partial charge in [-0.2, -0.15) is 0 Å². The molecule has 2 atom stereocenters. The summed E-state index contributed by atoms with van der Waals surface area (Å²) in [6, 6.07) is 9.38. The maximum Gasteiger partial charge on any atom is 0.311 e. The van der Waals surface area contributed by atoms with Crippen molar-refractivity contribution in [1.82, 2.24) is 5.16 Å². The highest BCUT2D eigenvalue weighted by atomic mass is 16.5. The number of carbonyl (C=O) groups is 1. The van der Waals surface area contributed by atoms with Crippen LogP contribution in [0, 0.1) is 12.8 Å². The number of nitrogens with zero attached hydrogens (tertiary/aromatic N) is 1. The Labute approximate surface area is 117 Å². The van der Waals surface area contributed by atoms with Crippen LogP contribution >= 0.6 is 0 Å². The van der Waals surface area contributed by atoms with Gasteiger partial charge in [-0.15, -0.1) is 0 Å². The number of aliphatic hydroxyl groups is 1. The van der Waals surface area contributed by atoms with Crippen molar-refractivity contribution in [3.8, 4) is 11.3 Å². The molecule has 0 bridgehead atoms. The van der Waals surface area contributed by atoms with E-state index >= 15 is 0 Å². The van der Waals surface area contributed by atoms with Crippen LogP contribution in [0.2, 0.25) is 0 Å². The van der Waals surface area contributed by atoms with E-state index in [4.69, 9.17) is 4.52 Å². The van der Waals surface area contributed by atoms with E-state index in [-0.39, 0.29) is 0 Å². The first kappa shape index (κ1) is 14.3. The Hall–Kier alpha value is -2.14. The Morgan fingerprint density at radius 2 is 2.00 bits per heavy atom. The highest BCUT2D eigenvalue weighted by molar-refractivity contribution is 5.74. The van der Waals surface area contributed by atoms with E-state index in [1.54, 1.807) is 13.8 Å². The third kappa shape index (κ3) is 2.58. The molecule has 0 unspecified atom stereocenters. The number of hydrogen-bond donors (Lipinski definition) is 1. The number of esters is 1. The molecule has 1 aromatic carbocycles. The van der Waals surface area contributed by atoms with Crippen LogP contribution in [0.25, 0.3) is 11.3 Å². The lowest BCUT2D eigenvalue weighted by Crippen LogP contribution is -2.21. The number of benzene rings is 1. The van der Waals surface area contributed by atoms with Gasteiger partial charge in [0.2, 0.25) is 0 Å². The summed E-state index contributed by atoms with van der Waals surface area (Å²) in [5.41, 5.74) is 1.90. The Kier molecular flexibility index (Phi) is 4.20. The first-order valence-electron chi connectivity index (χ1n) is 6.33. The fourth-order valence-corrected chi connectivity index (χ4v) is 2.10. The van der Waals surface area contributed by atoms with Crippen molar-refractivity contribution in [2.45, 2.75) is 20.0 Å². The Morgan fingerprint density at radius 3 is 2.60 bits per heavy atom. The van der Waals surface area contributed by atoms with Crippen molar-refractivity contribution in [3.05, 3.63) is 41.7 Å². The molecule has 0 aliphatic rings. The van der Waals surface area contributed by atoms with Crippen molar-refractivity contribution in [1.29, 1.82) is 0 Å². The zero-order valence-electron chi connectivity index (χ0n) is 11.7. The van der Waals surface area contributed by atoms with Crippen molar-refractivity contribution in [2.24, 2.45) is 5.92 Å². The average molecular weight is 275 g/mol. The lowest BCUT2D eigenvalue weighted by molar-refractivity contribution is -0.148. The average Bonchev–Trinajstić information content (AvgIpc) is 2.87. The topological polar surface area (TPSA) is 72.6 Å². The van der Waals surface area contributed by atoms with Crippen molar-refractivity contribution >= 4 is 5.97 Å². The fraction of sp³-hybridized carbons (Fsp3) is 0.333. The third-order valence-corrected chi connectivity index (χ3v) is 3.30. The van der Waals surface area contributed by atoms with Gasteiger partial charge < -0.3 is 14.4 Å². The summed E-state index contributed by atoms with van der Waals surface area (Å²) in [5.74, 6) is -0.676. The van der Waals surface area contributed by atoms with Crippen LogP contribution in [0.3, 0.4) is 0 Å². The molecule has 1 N–H and O–H groups in total. The van der Waals surface area contributed by atoms with Gasteiger partial charge in [0, 0.05) is 5.56 Å². The minimum Gasteiger partial charge on any atom is -0.469 e. The lowest BCUT2D eigenvalue weighted by atomic mass is 9.93. The molecule has 2 rings (SSSR count). The van der Waals surface area contributed by atoms with E-state index in [2.05, 4.69) is 9.89 Å². The molecule has 106 valence electrons. The van der Waals surface area contributed by atoms with Crippen LogP contribution in [-0.4, -0.2) is 23.3 Å². The molecule has 1 aromatic heterocycles.